The lowest BCUT2D eigenvalue weighted by atomic mass is 10.1. The zero-order chi connectivity index (χ0) is 18.6. The summed E-state index contributed by atoms with van der Waals surface area (Å²) in [5.74, 6) is 2.15. The molecule has 1 heterocycles. The van der Waals surface area contributed by atoms with Gasteiger partial charge in [0.2, 0.25) is 16.8 Å². The van der Waals surface area contributed by atoms with Crippen LogP contribution in [-0.4, -0.2) is 27.9 Å². The molecule has 0 amide bonds. The highest BCUT2D eigenvalue weighted by atomic mass is 32.2. The maximum atomic E-state index is 12.3. The Hall–Kier alpha value is -2.25. The van der Waals surface area contributed by atoms with Gasteiger partial charge < -0.3 is 14.2 Å². The van der Waals surface area contributed by atoms with Gasteiger partial charge in [-0.25, -0.2) is 13.1 Å². The number of fused-ring (bicyclic) bond motifs is 1. The van der Waals surface area contributed by atoms with Gasteiger partial charge in [-0.3, -0.25) is 0 Å². The molecule has 1 aliphatic rings. The van der Waals surface area contributed by atoms with Gasteiger partial charge in [0.1, 0.15) is 5.75 Å². The largest absolute Gasteiger partial charge is 0.491 e. The number of nitrogens with one attached hydrogen (secondary N) is 1. The molecule has 0 aromatic heterocycles. The van der Waals surface area contributed by atoms with Crippen LogP contribution in [0.4, 0.5) is 0 Å². The normalized spacial score (nSPS) is 13.2. The Kier molecular flexibility index (Phi) is 5.68. The van der Waals surface area contributed by atoms with Crippen LogP contribution in [0.1, 0.15) is 25.8 Å². The molecule has 0 spiro atoms. The molecule has 0 bridgehead atoms. The van der Waals surface area contributed by atoms with Gasteiger partial charge in [0.25, 0.3) is 0 Å². The third-order valence-corrected chi connectivity index (χ3v) is 5.35. The maximum absolute atomic E-state index is 12.3. The zero-order valence-corrected chi connectivity index (χ0v) is 15.7. The number of hydrogen-bond donors (Lipinski definition) is 1. The Bertz CT molecular complexity index is 847. The SMILES string of the molecule is CC(C)Oc1ccc(S(=O)(=O)NCCCc2ccc3c(c2)OCO3)cc1. The molecule has 1 aliphatic heterocycles. The topological polar surface area (TPSA) is 73.9 Å². The van der Waals surface area contributed by atoms with Crippen molar-refractivity contribution in [3.05, 3.63) is 48.0 Å². The second-order valence-electron chi connectivity index (χ2n) is 6.33. The van der Waals surface area contributed by atoms with E-state index in [2.05, 4.69) is 4.72 Å². The molecular formula is C19H23NO5S. The van der Waals surface area contributed by atoms with Crippen LogP contribution < -0.4 is 18.9 Å². The van der Waals surface area contributed by atoms with Crippen LogP contribution >= 0.6 is 0 Å². The molecule has 140 valence electrons. The summed E-state index contributed by atoms with van der Waals surface area (Å²) in [4.78, 5) is 0.233. The first-order chi connectivity index (χ1) is 12.4. The highest BCUT2D eigenvalue weighted by Gasteiger charge is 2.15. The van der Waals surface area contributed by atoms with Crippen LogP contribution in [-0.2, 0) is 16.4 Å². The lowest BCUT2D eigenvalue weighted by molar-refractivity contribution is 0.174. The molecule has 0 fully saturated rings. The van der Waals surface area contributed by atoms with E-state index in [1.807, 2.05) is 32.0 Å². The molecule has 0 saturated carbocycles. The Morgan fingerprint density at radius 2 is 1.81 bits per heavy atom. The average molecular weight is 377 g/mol. The van der Waals surface area contributed by atoms with Gasteiger partial charge in [-0.05, 0) is 68.7 Å². The number of benzene rings is 2. The average Bonchev–Trinajstić information content (AvgIpc) is 3.06. The van der Waals surface area contributed by atoms with Gasteiger partial charge >= 0.3 is 0 Å². The van der Waals surface area contributed by atoms with E-state index in [1.54, 1.807) is 24.3 Å². The smallest absolute Gasteiger partial charge is 0.240 e. The van der Waals surface area contributed by atoms with Crippen molar-refractivity contribution in [1.82, 2.24) is 4.72 Å². The fourth-order valence-corrected chi connectivity index (χ4v) is 3.72. The summed E-state index contributed by atoms with van der Waals surface area (Å²) < 4.78 is 43.5. The minimum Gasteiger partial charge on any atom is -0.491 e. The van der Waals surface area contributed by atoms with Gasteiger partial charge in [-0.1, -0.05) is 6.07 Å². The number of hydrogen-bond acceptors (Lipinski definition) is 5. The summed E-state index contributed by atoms with van der Waals surface area (Å²) in [6, 6.07) is 12.2. The lowest BCUT2D eigenvalue weighted by Gasteiger charge is -2.11. The van der Waals surface area contributed by atoms with E-state index < -0.39 is 10.0 Å². The molecule has 6 nitrogen and oxygen atoms in total. The predicted molar refractivity (Wildman–Crippen MR) is 98.3 cm³/mol. The summed E-state index contributed by atoms with van der Waals surface area (Å²) in [7, 11) is -3.52. The molecule has 7 heteroatoms. The van der Waals surface area contributed by atoms with E-state index in [-0.39, 0.29) is 17.8 Å². The second-order valence-corrected chi connectivity index (χ2v) is 8.09. The van der Waals surface area contributed by atoms with Gasteiger partial charge in [0.05, 0.1) is 11.0 Å². The summed E-state index contributed by atoms with van der Waals surface area (Å²) in [6.07, 6.45) is 1.49. The molecular weight excluding hydrogens is 354 g/mol. The van der Waals surface area contributed by atoms with Crippen molar-refractivity contribution in [1.29, 1.82) is 0 Å². The van der Waals surface area contributed by atoms with Crippen molar-refractivity contribution in [2.75, 3.05) is 13.3 Å². The van der Waals surface area contributed by atoms with Crippen molar-refractivity contribution in [3.63, 3.8) is 0 Å². The standard InChI is InChI=1S/C19H23NO5S/c1-14(2)25-16-6-8-17(9-7-16)26(21,22)20-11-3-4-15-5-10-18-19(12-15)24-13-23-18/h5-10,12,14,20H,3-4,11,13H2,1-2H3. The first kappa shape index (κ1) is 18.5. The number of rotatable bonds is 8. The fourth-order valence-electron chi connectivity index (χ4n) is 2.65. The Morgan fingerprint density at radius 1 is 1.08 bits per heavy atom. The van der Waals surface area contributed by atoms with E-state index >= 15 is 0 Å². The van der Waals surface area contributed by atoms with Gasteiger partial charge in [-0.2, -0.15) is 0 Å². The summed E-state index contributed by atoms with van der Waals surface area (Å²) >= 11 is 0. The van der Waals surface area contributed by atoms with Gasteiger partial charge in [-0.15, -0.1) is 0 Å². The highest BCUT2D eigenvalue weighted by molar-refractivity contribution is 7.89. The van der Waals surface area contributed by atoms with Crippen molar-refractivity contribution >= 4 is 10.0 Å². The molecule has 0 aliphatic carbocycles. The van der Waals surface area contributed by atoms with Crippen LogP contribution in [0.15, 0.2) is 47.4 Å². The number of sulfonamides is 1. The second kappa shape index (κ2) is 7.97. The summed E-state index contributed by atoms with van der Waals surface area (Å²) in [6.45, 7) is 4.46. The third-order valence-electron chi connectivity index (χ3n) is 3.88. The van der Waals surface area contributed by atoms with Crippen molar-refractivity contribution in [2.24, 2.45) is 0 Å². The van der Waals surface area contributed by atoms with Crippen LogP contribution in [0.25, 0.3) is 0 Å². The lowest BCUT2D eigenvalue weighted by Crippen LogP contribution is -2.25. The van der Waals surface area contributed by atoms with Crippen molar-refractivity contribution in [3.8, 4) is 17.2 Å². The van der Waals surface area contributed by atoms with E-state index in [4.69, 9.17) is 14.2 Å². The fraction of sp³-hybridized carbons (Fsp3) is 0.368. The molecule has 0 radical (unpaired) electrons. The zero-order valence-electron chi connectivity index (χ0n) is 14.9. The van der Waals surface area contributed by atoms with E-state index in [1.165, 1.54) is 0 Å². The molecule has 0 atom stereocenters. The monoisotopic (exact) mass is 377 g/mol. The Balaban J connectivity index is 1.50. The Labute approximate surface area is 154 Å². The Morgan fingerprint density at radius 3 is 2.54 bits per heavy atom. The maximum Gasteiger partial charge on any atom is 0.240 e. The van der Waals surface area contributed by atoms with Crippen LogP contribution in [0.5, 0.6) is 17.2 Å². The third kappa shape index (κ3) is 4.68. The predicted octanol–water partition coefficient (Wildman–Crippen LogP) is 3.11. The van der Waals surface area contributed by atoms with Crippen molar-refractivity contribution < 1.29 is 22.6 Å². The summed E-state index contributed by atoms with van der Waals surface area (Å²) in [5.41, 5.74) is 1.09. The molecule has 2 aromatic carbocycles. The molecule has 0 saturated heterocycles. The van der Waals surface area contributed by atoms with E-state index in [0.717, 1.165) is 23.5 Å². The van der Waals surface area contributed by atoms with Crippen LogP contribution in [0.2, 0.25) is 0 Å². The molecule has 0 unspecified atom stereocenters. The first-order valence-electron chi connectivity index (χ1n) is 8.59. The van der Waals surface area contributed by atoms with E-state index in [9.17, 15) is 8.42 Å². The van der Waals surface area contributed by atoms with Crippen LogP contribution in [0, 0.1) is 0 Å². The highest BCUT2D eigenvalue weighted by Crippen LogP contribution is 2.32. The quantitative estimate of drug-likeness (QED) is 0.716. The van der Waals surface area contributed by atoms with Gasteiger partial charge in [0.15, 0.2) is 11.5 Å². The number of ether oxygens (including phenoxy) is 3. The first-order valence-corrected chi connectivity index (χ1v) is 10.1. The minimum atomic E-state index is -3.52. The summed E-state index contributed by atoms with van der Waals surface area (Å²) in [5, 5.41) is 0. The molecule has 2 aromatic rings. The molecule has 1 N–H and O–H groups in total. The van der Waals surface area contributed by atoms with Crippen LogP contribution in [0.3, 0.4) is 0 Å². The van der Waals surface area contributed by atoms with E-state index in [0.29, 0.717) is 18.7 Å². The van der Waals surface area contributed by atoms with Gasteiger partial charge in [0, 0.05) is 6.54 Å². The minimum absolute atomic E-state index is 0.0479. The molecule has 3 rings (SSSR count). The molecule has 26 heavy (non-hydrogen) atoms. The van der Waals surface area contributed by atoms with Crippen molar-refractivity contribution in [2.45, 2.75) is 37.7 Å². The number of aryl methyl sites for hydroxylation is 1.